The summed E-state index contributed by atoms with van der Waals surface area (Å²) in [5, 5.41) is 0. The van der Waals surface area contributed by atoms with E-state index in [0.717, 1.165) is 11.8 Å². The molecule has 0 aromatic carbocycles. The Labute approximate surface area is 125 Å². The lowest BCUT2D eigenvalue weighted by atomic mass is 9.71. The fourth-order valence-electron chi connectivity index (χ4n) is 4.94. The molecule has 3 aliphatic rings. The fraction of sp³-hybridized carbons (Fsp3) is 0.800. The molecule has 20 heavy (non-hydrogen) atoms. The standard InChI is InChI=1S/C20H32/c1-19(2,3)16-12-17(20(4,5)6)18-14-9-7-8-13(14)10-11-15(16)18/h13-14H,7-12H2,1-6H3. The molecule has 0 radical (unpaired) electrons. The maximum atomic E-state index is 2.43. The van der Waals surface area contributed by atoms with E-state index in [2.05, 4.69) is 41.5 Å². The van der Waals surface area contributed by atoms with Crippen molar-refractivity contribution in [1.29, 1.82) is 0 Å². The van der Waals surface area contributed by atoms with Crippen molar-refractivity contribution < 1.29 is 0 Å². The van der Waals surface area contributed by atoms with Gasteiger partial charge in [-0.3, -0.25) is 0 Å². The van der Waals surface area contributed by atoms with Crippen molar-refractivity contribution in [2.75, 3.05) is 0 Å². The Morgan fingerprint density at radius 2 is 1.45 bits per heavy atom. The molecular weight excluding hydrogens is 240 g/mol. The van der Waals surface area contributed by atoms with Gasteiger partial charge in [0.15, 0.2) is 0 Å². The van der Waals surface area contributed by atoms with E-state index in [0.29, 0.717) is 10.8 Å². The van der Waals surface area contributed by atoms with Gasteiger partial charge in [-0.2, -0.15) is 0 Å². The maximum Gasteiger partial charge on any atom is -0.00860 e. The van der Waals surface area contributed by atoms with Crippen LogP contribution in [0.15, 0.2) is 22.3 Å². The lowest BCUT2D eigenvalue weighted by molar-refractivity contribution is 0.372. The van der Waals surface area contributed by atoms with E-state index in [4.69, 9.17) is 0 Å². The Bertz CT molecular complexity index is 473. The van der Waals surface area contributed by atoms with Crippen molar-refractivity contribution in [3.05, 3.63) is 22.3 Å². The molecule has 2 unspecified atom stereocenters. The van der Waals surface area contributed by atoms with E-state index in [1.165, 1.54) is 38.5 Å². The van der Waals surface area contributed by atoms with Crippen LogP contribution in [0.4, 0.5) is 0 Å². The van der Waals surface area contributed by atoms with Gasteiger partial charge in [0.2, 0.25) is 0 Å². The molecule has 2 fully saturated rings. The number of rotatable bonds is 0. The van der Waals surface area contributed by atoms with Crippen molar-refractivity contribution >= 4 is 0 Å². The summed E-state index contributed by atoms with van der Waals surface area (Å²) >= 11 is 0. The normalized spacial score (nSPS) is 30.9. The van der Waals surface area contributed by atoms with Crippen molar-refractivity contribution in [2.45, 2.75) is 80.1 Å². The third kappa shape index (κ3) is 2.20. The van der Waals surface area contributed by atoms with Crippen LogP contribution in [0.1, 0.15) is 80.1 Å². The molecule has 3 aliphatic carbocycles. The Morgan fingerprint density at radius 1 is 0.800 bits per heavy atom. The molecule has 0 nitrogen and oxygen atoms in total. The second kappa shape index (κ2) is 4.49. The van der Waals surface area contributed by atoms with Crippen LogP contribution >= 0.6 is 0 Å². The Balaban J connectivity index is 2.10. The van der Waals surface area contributed by atoms with Crippen LogP contribution in [0.5, 0.6) is 0 Å². The van der Waals surface area contributed by atoms with Crippen LogP contribution in [0, 0.1) is 22.7 Å². The molecule has 0 aromatic heterocycles. The number of hydrogen-bond donors (Lipinski definition) is 0. The zero-order valence-electron chi connectivity index (χ0n) is 14.4. The number of fused-ring (bicyclic) bond motifs is 3. The van der Waals surface area contributed by atoms with Gasteiger partial charge >= 0.3 is 0 Å². The van der Waals surface area contributed by atoms with Gasteiger partial charge < -0.3 is 0 Å². The first-order chi connectivity index (χ1) is 9.19. The minimum Gasteiger partial charge on any atom is -0.0573 e. The first-order valence-electron chi connectivity index (χ1n) is 8.66. The van der Waals surface area contributed by atoms with Gasteiger partial charge in [0.1, 0.15) is 0 Å². The van der Waals surface area contributed by atoms with Crippen LogP contribution in [-0.4, -0.2) is 0 Å². The molecule has 0 heterocycles. The molecule has 0 aliphatic heterocycles. The molecule has 0 heteroatoms. The fourth-order valence-corrected chi connectivity index (χ4v) is 4.94. The highest BCUT2D eigenvalue weighted by molar-refractivity contribution is 5.53. The number of hydrogen-bond acceptors (Lipinski definition) is 0. The van der Waals surface area contributed by atoms with Crippen LogP contribution in [-0.2, 0) is 0 Å². The monoisotopic (exact) mass is 272 g/mol. The van der Waals surface area contributed by atoms with Gasteiger partial charge in [0, 0.05) is 0 Å². The molecule has 0 aromatic rings. The molecule has 3 rings (SSSR count). The van der Waals surface area contributed by atoms with Gasteiger partial charge in [0.25, 0.3) is 0 Å². The minimum absolute atomic E-state index is 0.345. The van der Waals surface area contributed by atoms with E-state index < -0.39 is 0 Å². The lowest BCUT2D eigenvalue weighted by Crippen LogP contribution is -2.21. The summed E-state index contributed by atoms with van der Waals surface area (Å²) < 4.78 is 0. The average Bonchev–Trinajstić information content (AvgIpc) is 2.90. The molecular formula is C20H32. The highest BCUT2D eigenvalue weighted by atomic mass is 14.5. The lowest BCUT2D eigenvalue weighted by Gasteiger charge is -2.34. The molecule has 0 amide bonds. The topological polar surface area (TPSA) is 0 Å². The van der Waals surface area contributed by atoms with E-state index >= 15 is 0 Å². The summed E-state index contributed by atoms with van der Waals surface area (Å²) in [7, 11) is 0. The highest BCUT2D eigenvalue weighted by Gasteiger charge is 2.43. The summed E-state index contributed by atoms with van der Waals surface area (Å²) in [5.41, 5.74) is 7.88. The first kappa shape index (κ1) is 14.4. The molecule has 0 N–H and O–H groups in total. The highest BCUT2D eigenvalue weighted by Crippen LogP contribution is 2.58. The van der Waals surface area contributed by atoms with Crippen molar-refractivity contribution in [3.63, 3.8) is 0 Å². The smallest absolute Gasteiger partial charge is 0.00860 e. The van der Waals surface area contributed by atoms with E-state index in [1.54, 1.807) is 16.7 Å². The third-order valence-electron chi connectivity index (χ3n) is 5.97. The van der Waals surface area contributed by atoms with Gasteiger partial charge in [-0.25, -0.2) is 0 Å². The predicted molar refractivity (Wildman–Crippen MR) is 87.6 cm³/mol. The van der Waals surface area contributed by atoms with Crippen molar-refractivity contribution in [3.8, 4) is 0 Å². The van der Waals surface area contributed by atoms with Crippen LogP contribution in [0.2, 0.25) is 0 Å². The second-order valence-corrected chi connectivity index (χ2v) is 9.36. The zero-order chi connectivity index (χ0) is 14.7. The van der Waals surface area contributed by atoms with Crippen LogP contribution < -0.4 is 0 Å². The second-order valence-electron chi connectivity index (χ2n) is 9.36. The summed E-state index contributed by atoms with van der Waals surface area (Å²) in [6.45, 7) is 14.5. The molecule has 2 saturated carbocycles. The van der Waals surface area contributed by atoms with Gasteiger partial charge in [0.05, 0.1) is 0 Å². The third-order valence-corrected chi connectivity index (χ3v) is 5.97. The molecule has 2 atom stereocenters. The summed E-state index contributed by atoms with van der Waals surface area (Å²) in [6.07, 6.45) is 8.50. The van der Waals surface area contributed by atoms with Gasteiger partial charge in [-0.05, 0) is 65.9 Å². The predicted octanol–water partition coefficient (Wildman–Crippen LogP) is 6.29. The molecule has 0 saturated heterocycles. The quantitative estimate of drug-likeness (QED) is 0.486. The molecule has 0 spiro atoms. The Morgan fingerprint density at radius 3 is 2.05 bits per heavy atom. The number of allylic oxidation sites excluding steroid dienone is 4. The van der Waals surface area contributed by atoms with E-state index in [-0.39, 0.29) is 0 Å². The largest absolute Gasteiger partial charge is 0.0573 e. The van der Waals surface area contributed by atoms with E-state index in [9.17, 15) is 0 Å². The summed E-state index contributed by atoms with van der Waals surface area (Å²) in [4.78, 5) is 0. The summed E-state index contributed by atoms with van der Waals surface area (Å²) in [5.74, 6) is 1.92. The first-order valence-corrected chi connectivity index (χ1v) is 8.66. The van der Waals surface area contributed by atoms with Crippen molar-refractivity contribution in [2.24, 2.45) is 22.7 Å². The van der Waals surface area contributed by atoms with Crippen LogP contribution in [0.25, 0.3) is 0 Å². The van der Waals surface area contributed by atoms with Gasteiger partial charge in [-0.15, -0.1) is 0 Å². The van der Waals surface area contributed by atoms with Crippen LogP contribution in [0.3, 0.4) is 0 Å². The zero-order valence-corrected chi connectivity index (χ0v) is 14.4. The van der Waals surface area contributed by atoms with Crippen molar-refractivity contribution in [1.82, 2.24) is 0 Å². The SMILES string of the molecule is CC(C)(C)C1=C2CCC3CCCC3C2=C(C(C)(C)C)C1. The minimum atomic E-state index is 0.345. The maximum absolute atomic E-state index is 2.43. The Hall–Kier alpha value is -0.520. The molecule has 0 bridgehead atoms. The summed E-state index contributed by atoms with van der Waals surface area (Å²) in [6, 6.07) is 0. The Kier molecular flexibility index (Phi) is 3.23. The molecule has 112 valence electrons. The van der Waals surface area contributed by atoms with E-state index in [1.807, 2.05) is 5.57 Å². The average molecular weight is 272 g/mol. The van der Waals surface area contributed by atoms with Gasteiger partial charge in [-0.1, -0.05) is 59.1 Å².